The Balaban J connectivity index is 2.55. The first-order valence-electron chi connectivity index (χ1n) is 6.55. The van der Waals surface area contributed by atoms with Crippen molar-refractivity contribution in [3.8, 4) is 0 Å². The Labute approximate surface area is 113 Å². The van der Waals surface area contributed by atoms with E-state index in [0.717, 1.165) is 12.8 Å². The van der Waals surface area contributed by atoms with E-state index in [0.29, 0.717) is 30.8 Å². The zero-order valence-corrected chi connectivity index (χ0v) is 11.2. The molecule has 0 fully saturated rings. The van der Waals surface area contributed by atoms with Gasteiger partial charge in [0.25, 0.3) is 5.91 Å². The van der Waals surface area contributed by atoms with Crippen LogP contribution < -0.4 is 16.4 Å². The minimum absolute atomic E-state index is 0.0690. The fourth-order valence-corrected chi connectivity index (χ4v) is 1.56. The summed E-state index contributed by atoms with van der Waals surface area (Å²) in [7, 11) is 0. The van der Waals surface area contributed by atoms with Gasteiger partial charge in [0, 0.05) is 24.2 Å². The number of benzene rings is 1. The second-order valence-electron chi connectivity index (χ2n) is 4.23. The van der Waals surface area contributed by atoms with Crippen LogP contribution in [-0.2, 0) is 4.79 Å². The summed E-state index contributed by atoms with van der Waals surface area (Å²) in [5, 5.41) is 5.55. The largest absolute Gasteiger partial charge is 0.352 e. The van der Waals surface area contributed by atoms with Crippen LogP contribution in [0.3, 0.4) is 0 Å². The highest BCUT2D eigenvalue weighted by atomic mass is 16.2. The second-order valence-corrected chi connectivity index (χ2v) is 4.23. The highest BCUT2D eigenvalue weighted by Crippen LogP contribution is 2.11. The summed E-state index contributed by atoms with van der Waals surface area (Å²) in [5.74, 6) is -0.204. The van der Waals surface area contributed by atoms with Crippen molar-refractivity contribution in [2.75, 3.05) is 18.4 Å². The molecule has 0 saturated heterocycles. The molecular weight excluding hydrogens is 242 g/mol. The fourth-order valence-electron chi connectivity index (χ4n) is 1.56. The van der Waals surface area contributed by atoms with Crippen LogP contribution in [0, 0.1) is 0 Å². The number of carbonyl (C=O) groups is 2. The van der Waals surface area contributed by atoms with E-state index in [1.807, 2.05) is 0 Å². The Kier molecular flexibility index (Phi) is 6.60. The molecule has 0 atom stereocenters. The molecule has 5 nitrogen and oxygen atoms in total. The van der Waals surface area contributed by atoms with Crippen molar-refractivity contribution in [3.63, 3.8) is 0 Å². The Morgan fingerprint density at radius 1 is 1.26 bits per heavy atom. The predicted octanol–water partition coefficient (Wildman–Crippen LogP) is 1.50. The number of amides is 2. The van der Waals surface area contributed by atoms with Crippen LogP contribution in [0.25, 0.3) is 0 Å². The maximum Gasteiger partial charge on any atom is 0.251 e. The molecule has 19 heavy (non-hydrogen) atoms. The van der Waals surface area contributed by atoms with Gasteiger partial charge in [0.2, 0.25) is 5.91 Å². The van der Waals surface area contributed by atoms with Gasteiger partial charge in [-0.05, 0) is 37.6 Å². The minimum atomic E-state index is -0.135. The highest BCUT2D eigenvalue weighted by molar-refractivity contribution is 5.97. The quantitative estimate of drug-likeness (QED) is 0.652. The Bertz CT molecular complexity index is 432. The van der Waals surface area contributed by atoms with Gasteiger partial charge in [0.15, 0.2) is 0 Å². The van der Waals surface area contributed by atoms with Gasteiger partial charge in [-0.1, -0.05) is 13.0 Å². The molecule has 104 valence electrons. The lowest BCUT2D eigenvalue weighted by Gasteiger charge is -2.07. The Hall–Kier alpha value is -1.88. The lowest BCUT2D eigenvalue weighted by atomic mass is 10.2. The van der Waals surface area contributed by atoms with Crippen LogP contribution in [0.5, 0.6) is 0 Å². The molecule has 5 heteroatoms. The zero-order valence-electron chi connectivity index (χ0n) is 11.2. The number of unbranched alkanes of at least 4 members (excludes halogenated alkanes) is 1. The van der Waals surface area contributed by atoms with Crippen LogP contribution in [0.15, 0.2) is 24.3 Å². The Morgan fingerprint density at radius 2 is 2.05 bits per heavy atom. The molecule has 0 saturated carbocycles. The smallest absolute Gasteiger partial charge is 0.251 e. The van der Waals surface area contributed by atoms with Gasteiger partial charge in [-0.25, -0.2) is 0 Å². The average Bonchev–Trinajstić information content (AvgIpc) is 2.43. The van der Waals surface area contributed by atoms with Gasteiger partial charge in [-0.3, -0.25) is 9.59 Å². The molecule has 0 aliphatic rings. The molecule has 0 spiro atoms. The number of rotatable bonds is 7. The van der Waals surface area contributed by atoms with Crippen LogP contribution in [-0.4, -0.2) is 24.9 Å². The summed E-state index contributed by atoms with van der Waals surface area (Å²) >= 11 is 0. The molecule has 1 aromatic carbocycles. The van der Waals surface area contributed by atoms with Gasteiger partial charge in [-0.2, -0.15) is 0 Å². The van der Waals surface area contributed by atoms with Crippen molar-refractivity contribution in [1.29, 1.82) is 0 Å². The maximum atomic E-state index is 11.9. The monoisotopic (exact) mass is 263 g/mol. The molecule has 0 bridgehead atoms. The number of anilines is 1. The number of carbonyl (C=O) groups excluding carboxylic acids is 2. The van der Waals surface area contributed by atoms with E-state index in [1.165, 1.54) is 0 Å². The second kappa shape index (κ2) is 8.26. The summed E-state index contributed by atoms with van der Waals surface area (Å²) in [4.78, 5) is 23.1. The van der Waals surface area contributed by atoms with E-state index >= 15 is 0 Å². The number of hydrogen-bond donors (Lipinski definition) is 3. The molecular formula is C14H21N3O2. The number of hydrogen-bond acceptors (Lipinski definition) is 3. The topological polar surface area (TPSA) is 84.2 Å². The lowest BCUT2D eigenvalue weighted by molar-refractivity contribution is -0.115. The zero-order chi connectivity index (χ0) is 14.1. The first-order valence-corrected chi connectivity index (χ1v) is 6.55. The van der Waals surface area contributed by atoms with Gasteiger partial charge >= 0.3 is 0 Å². The van der Waals surface area contributed by atoms with Crippen LogP contribution in [0.4, 0.5) is 5.69 Å². The highest BCUT2D eigenvalue weighted by Gasteiger charge is 2.06. The van der Waals surface area contributed by atoms with Crippen molar-refractivity contribution >= 4 is 17.5 Å². The predicted molar refractivity (Wildman–Crippen MR) is 76.0 cm³/mol. The van der Waals surface area contributed by atoms with Crippen LogP contribution in [0.1, 0.15) is 36.5 Å². The summed E-state index contributed by atoms with van der Waals surface area (Å²) < 4.78 is 0. The van der Waals surface area contributed by atoms with Crippen molar-refractivity contribution in [1.82, 2.24) is 5.32 Å². The SMILES string of the molecule is CCC(=O)Nc1cccc(C(=O)NCCCCN)c1. The van der Waals surface area contributed by atoms with Crippen LogP contribution >= 0.6 is 0 Å². The molecule has 0 aromatic heterocycles. The third-order valence-corrected chi connectivity index (χ3v) is 2.65. The standard InChI is InChI=1S/C14H21N3O2/c1-2-13(18)17-12-7-5-6-11(10-12)14(19)16-9-4-3-8-15/h5-7,10H,2-4,8-9,15H2,1H3,(H,16,19)(H,17,18). The van der Waals surface area contributed by atoms with Crippen LogP contribution in [0.2, 0.25) is 0 Å². The van der Waals surface area contributed by atoms with E-state index in [9.17, 15) is 9.59 Å². The average molecular weight is 263 g/mol. The molecule has 0 aliphatic heterocycles. The molecule has 0 radical (unpaired) electrons. The first-order chi connectivity index (χ1) is 9.17. The van der Waals surface area contributed by atoms with Crippen molar-refractivity contribution < 1.29 is 9.59 Å². The van der Waals surface area contributed by atoms with Gasteiger partial charge in [0.1, 0.15) is 0 Å². The number of nitrogens with one attached hydrogen (secondary N) is 2. The fraction of sp³-hybridized carbons (Fsp3) is 0.429. The summed E-state index contributed by atoms with van der Waals surface area (Å²) in [6.45, 7) is 3.03. The van der Waals surface area contributed by atoms with Crippen molar-refractivity contribution in [2.45, 2.75) is 26.2 Å². The summed E-state index contributed by atoms with van der Waals surface area (Å²) in [6, 6.07) is 6.91. The van der Waals surface area contributed by atoms with E-state index in [4.69, 9.17) is 5.73 Å². The van der Waals surface area contributed by atoms with Gasteiger partial charge in [0.05, 0.1) is 0 Å². The minimum Gasteiger partial charge on any atom is -0.352 e. The molecule has 4 N–H and O–H groups in total. The van der Waals surface area contributed by atoms with Gasteiger partial charge in [-0.15, -0.1) is 0 Å². The van der Waals surface area contributed by atoms with E-state index in [-0.39, 0.29) is 11.8 Å². The van der Waals surface area contributed by atoms with E-state index in [2.05, 4.69) is 10.6 Å². The van der Waals surface area contributed by atoms with E-state index in [1.54, 1.807) is 31.2 Å². The third kappa shape index (κ3) is 5.52. The third-order valence-electron chi connectivity index (χ3n) is 2.65. The van der Waals surface area contributed by atoms with Gasteiger partial charge < -0.3 is 16.4 Å². The molecule has 1 aromatic rings. The molecule has 0 aliphatic carbocycles. The molecule has 1 rings (SSSR count). The molecule has 2 amide bonds. The lowest BCUT2D eigenvalue weighted by Crippen LogP contribution is -2.25. The summed E-state index contributed by atoms with van der Waals surface area (Å²) in [5.41, 5.74) is 6.57. The van der Waals surface area contributed by atoms with Crippen molar-refractivity contribution in [2.24, 2.45) is 5.73 Å². The summed E-state index contributed by atoms with van der Waals surface area (Å²) in [6.07, 6.45) is 2.18. The first kappa shape index (κ1) is 15.2. The molecule has 0 heterocycles. The normalized spacial score (nSPS) is 10.0. The number of nitrogens with two attached hydrogens (primary N) is 1. The maximum absolute atomic E-state index is 11.9. The Morgan fingerprint density at radius 3 is 2.74 bits per heavy atom. The molecule has 0 unspecified atom stereocenters. The van der Waals surface area contributed by atoms with E-state index < -0.39 is 0 Å². The van der Waals surface area contributed by atoms with Crippen molar-refractivity contribution in [3.05, 3.63) is 29.8 Å².